The fourth-order valence-electron chi connectivity index (χ4n) is 3.10. The van der Waals surface area contributed by atoms with Gasteiger partial charge in [0.1, 0.15) is 0 Å². The van der Waals surface area contributed by atoms with Gasteiger partial charge in [0.2, 0.25) is 10.0 Å². The van der Waals surface area contributed by atoms with Crippen LogP contribution < -0.4 is 5.73 Å². The minimum Gasteiger partial charge on any atom is -0.330 e. The molecule has 0 bridgehead atoms. The molecule has 6 heteroatoms. The Balaban J connectivity index is 1.85. The van der Waals surface area contributed by atoms with Gasteiger partial charge in [0.15, 0.2) is 0 Å². The lowest BCUT2D eigenvalue weighted by Crippen LogP contribution is -2.51. The number of hydrogen-bond donors (Lipinski definition) is 1. The maximum atomic E-state index is 12.5. The van der Waals surface area contributed by atoms with Gasteiger partial charge in [-0.3, -0.25) is 0 Å². The van der Waals surface area contributed by atoms with Gasteiger partial charge in [-0.1, -0.05) is 19.3 Å². The predicted molar refractivity (Wildman–Crippen MR) is 77.5 cm³/mol. The van der Waals surface area contributed by atoms with Crippen LogP contribution in [0.4, 0.5) is 0 Å². The summed E-state index contributed by atoms with van der Waals surface area (Å²) in [5.74, 6) is 0. The second kappa shape index (κ2) is 7.02. The maximum Gasteiger partial charge on any atom is 0.217 e. The molecular weight excluding hydrogens is 262 g/mol. The molecule has 0 aromatic carbocycles. The van der Waals surface area contributed by atoms with Gasteiger partial charge in [-0.25, -0.2) is 8.42 Å². The Hall–Kier alpha value is -0.170. The van der Waals surface area contributed by atoms with E-state index in [1.54, 1.807) is 4.31 Å². The summed E-state index contributed by atoms with van der Waals surface area (Å²) in [6.45, 7) is 4.72. The van der Waals surface area contributed by atoms with E-state index in [1.165, 1.54) is 6.42 Å². The third-order valence-electron chi connectivity index (χ3n) is 4.34. The Morgan fingerprint density at radius 1 is 1.00 bits per heavy atom. The Morgan fingerprint density at radius 3 is 2.21 bits per heavy atom. The van der Waals surface area contributed by atoms with Gasteiger partial charge in [-0.05, 0) is 32.4 Å². The van der Waals surface area contributed by atoms with Gasteiger partial charge >= 0.3 is 0 Å². The average Bonchev–Trinajstić information content (AvgIpc) is 2.46. The number of rotatable bonds is 5. The minimum absolute atomic E-state index is 0.114. The van der Waals surface area contributed by atoms with E-state index in [9.17, 15) is 8.42 Å². The highest BCUT2D eigenvalue weighted by Gasteiger charge is 2.34. The summed E-state index contributed by atoms with van der Waals surface area (Å²) in [4.78, 5) is 2.32. The Labute approximate surface area is 117 Å². The van der Waals surface area contributed by atoms with E-state index in [1.807, 2.05) is 0 Å². The molecule has 1 saturated heterocycles. The third kappa shape index (κ3) is 3.90. The number of hydrogen-bond acceptors (Lipinski definition) is 4. The lowest BCUT2D eigenvalue weighted by molar-refractivity contribution is 0.186. The van der Waals surface area contributed by atoms with Gasteiger partial charge in [-0.2, -0.15) is 4.31 Å². The van der Waals surface area contributed by atoms with Crippen LogP contribution in [0.2, 0.25) is 0 Å². The van der Waals surface area contributed by atoms with Crippen LogP contribution in [0.5, 0.6) is 0 Å². The Morgan fingerprint density at radius 2 is 1.63 bits per heavy atom. The topological polar surface area (TPSA) is 66.6 Å². The molecule has 0 aromatic rings. The largest absolute Gasteiger partial charge is 0.330 e. The zero-order valence-corrected chi connectivity index (χ0v) is 12.6. The van der Waals surface area contributed by atoms with Crippen molar-refractivity contribution in [2.24, 2.45) is 5.73 Å². The molecule has 2 fully saturated rings. The first-order valence-electron chi connectivity index (χ1n) is 7.56. The quantitative estimate of drug-likeness (QED) is 0.805. The molecule has 1 aliphatic heterocycles. The average molecular weight is 289 g/mol. The fourth-order valence-corrected chi connectivity index (χ4v) is 5.12. The van der Waals surface area contributed by atoms with Crippen LogP contribution in [-0.2, 0) is 10.0 Å². The molecular formula is C13H27N3O2S. The van der Waals surface area contributed by atoms with Crippen molar-refractivity contribution < 1.29 is 8.42 Å². The summed E-state index contributed by atoms with van der Waals surface area (Å²) in [5, 5.41) is -0.114. The molecule has 0 aromatic heterocycles. The first-order valence-corrected chi connectivity index (χ1v) is 9.06. The van der Waals surface area contributed by atoms with E-state index in [-0.39, 0.29) is 5.25 Å². The SMILES string of the molecule is NCCCN1CCN(S(=O)(=O)C2CCCCC2)CC1. The first kappa shape index (κ1) is 15.2. The molecule has 1 heterocycles. The number of piperazine rings is 1. The summed E-state index contributed by atoms with van der Waals surface area (Å²) in [7, 11) is -3.05. The van der Waals surface area contributed by atoms with Crippen LogP contribution in [0.1, 0.15) is 38.5 Å². The summed E-state index contributed by atoms with van der Waals surface area (Å²) in [6.07, 6.45) is 6.04. The molecule has 1 saturated carbocycles. The van der Waals surface area contributed by atoms with E-state index in [4.69, 9.17) is 5.73 Å². The number of sulfonamides is 1. The highest BCUT2D eigenvalue weighted by Crippen LogP contribution is 2.26. The van der Waals surface area contributed by atoms with E-state index in [0.29, 0.717) is 19.6 Å². The van der Waals surface area contributed by atoms with Crippen LogP contribution in [0.25, 0.3) is 0 Å². The molecule has 19 heavy (non-hydrogen) atoms. The molecule has 2 aliphatic rings. The van der Waals surface area contributed by atoms with Crippen LogP contribution >= 0.6 is 0 Å². The standard InChI is InChI=1S/C13H27N3O2S/c14-7-4-8-15-9-11-16(12-10-15)19(17,18)13-5-2-1-3-6-13/h13H,1-12,14H2. The Bertz CT molecular complexity index is 358. The van der Waals surface area contributed by atoms with Crippen molar-refractivity contribution in [1.29, 1.82) is 0 Å². The monoisotopic (exact) mass is 289 g/mol. The second-order valence-corrected chi connectivity index (χ2v) is 7.90. The summed E-state index contributed by atoms with van der Waals surface area (Å²) in [6, 6.07) is 0. The lowest BCUT2D eigenvalue weighted by atomic mass is 10.0. The second-order valence-electron chi connectivity index (χ2n) is 5.69. The van der Waals surface area contributed by atoms with Crippen LogP contribution in [-0.4, -0.2) is 62.1 Å². The summed E-state index contributed by atoms with van der Waals surface area (Å²) >= 11 is 0. The molecule has 1 aliphatic carbocycles. The molecule has 2 N–H and O–H groups in total. The normalized spacial score (nSPS) is 24.7. The van der Waals surface area contributed by atoms with E-state index < -0.39 is 10.0 Å². The highest BCUT2D eigenvalue weighted by molar-refractivity contribution is 7.89. The molecule has 0 unspecified atom stereocenters. The van der Waals surface area contributed by atoms with Crippen molar-refractivity contribution >= 4 is 10.0 Å². The van der Waals surface area contributed by atoms with Crippen molar-refractivity contribution in [2.45, 2.75) is 43.8 Å². The van der Waals surface area contributed by atoms with Crippen molar-refractivity contribution in [3.8, 4) is 0 Å². The Kier molecular flexibility index (Phi) is 5.62. The van der Waals surface area contributed by atoms with Crippen LogP contribution in [0.15, 0.2) is 0 Å². The first-order chi connectivity index (χ1) is 9.14. The van der Waals surface area contributed by atoms with E-state index in [2.05, 4.69) is 4.90 Å². The van der Waals surface area contributed by atoms with Crippen molar-refractivity contribution in [2.75, 3.05) is 39.3 Å². The zero-order chi connectivity index (χ0) is 13.7. The molecule has 0 radical (unpaired) electrons. The smallest absolute Gasteiger partial charge is 0.217 e. The van der Waals surface area contributed by atoms with Gasteiger partial charge in [0, 0.05) is 26.2 Å². The van der Waals surface area contributed by atoms with Gasteiger partial charge in [0.05, 0.1) is 5.25 Å². The van der Waals surface area contributed by atoms with Gasteiger partial charge in [-0.15, -0.1) is 0 Å². The minimum atomic E-state index is -3.05. The summed E-state index contributed by atoms with van der Waals surface area (Å²) in [5.41, 5.74) is 5.51. The highest BCUT2D eigenvalue weighted by atomic mass is 32.2. The maximum absolute atomic E-state index is 12.5. The van der Waals surface area contributed by atoms with Crippen molar-refractivity contribution in [3.63, 3.8) is 0 Å². The van der Waals surface area contributed by atoms with Crippen LogP contribution in [0.3, 0.4) is 0 Å². The lowest BCUT2D eigenvalue weighted by Gasteiger charge is -2.36. The van der Waals surface area contributed by atoms with Crippen LogP contribution in [0, 0.1) is 0 Å². The van der Waals surface area contributed by atoms with Gasteiger partial charge in [0.25, 0.3) is 0 Å². The molecule has 2 rings (SSSR count). The van der Waals surface area contributed by atoms with Crippen molar-refractivity contribution in [1.82, 2.24) is 9.21 Å². The molecule has 112 valence electrons. The number of nitrogens with two attached hydrogens (primary N) is 1. The molecule has 0 amide bonds. The van der Waals surface area contributed by atoms with E-state index in [0.717, 1.165) is 51.7 Å². The molecule has 5 nitrogen and oxygen atoms in total. The fraction of sp³-hybridized carbons (Fsp3) is 1.00. The molecule has 0 spiro atoms. The summed E-state index contributed by atoms with van der Waals surface area (Å²) < 4.78 is 26.8. The molecule has 0 atom stereocenters. The third-order valence-corrected chi connectivity index (χ3v) is 6.74. The van der Waals surface area contributed by atoms with Gasteiger partial charge < -0.3 is 10.6 Å². The predicted octanol–water partition coefficient (Wildman–Crippen LogP) is 0.615. The number of nitrogens with zero attached hydrogens (tertiary/aromatic N) is 2. The van der Waals surface area contributed by atoms with Crippen molar-refractivity contribution in [3.05, 3.63) is 0 Å². The van der Waals surface area contributed by atoms with E-state index >= 15 is 0 Å². The zero-order valence-electron chi connectivity index (χ0n) is 11.8.